The predicted octanol–water partition coefficient (Wildman–Crippen LogP) is 15.2. The number of carbonyl (C=O) groups is 2. The third-order valence-corrected chi connectivity index (χ3v) is 10.3. The molecule has 0 saturated heterocycles. The smallest absolute Gasteiger partial charge is 0.306 e. The zero-order valence-corrected chi connectivity index (χ0v) is 32.8. The lowest BCUT2D eigenvalue weighted by Gasteiger charge is -2.18. The van der Waals surface area contributed by atoms with E-state index in [9.17, 15) is 9.59 Å². The van der Waals surface area contributed by atoms with E-state index in [0.717, 1.165) is 32.1 Å². The lowest BCUT2D eigenvalue weighted by molar-refractivity contribution is -0.150. The van der Waals surface area contributed by atoms with Crippen LogP contribution >= 0.6 is 0 Å². The Morgan fingerprint density at radius 1 is 0.375 bits per heavy atom. The zero-order valence-electron chi connectivity index (χ0n) is 32.8. The quantitative estimate of drug-likeness (QED) is 0.0516. The maximum absolute atomic E-state index is 12.6. The largest absolute Gasteiger partial charge is 0.481 e. The number of carboxylic acids is 1. The molecule has 0 saturated carbocycles. The van der Waals surface area contributed by atoms with Crippen LogP contribution in [0.5, 0.6) is 0 Å². The van der Waals surface area contributed by atoms with Crippen molar-refractivity contribution in [2.75, 3.05) is 0 Å². The molecule has 0 aromatic carbocycles. The van der Waals surface area contributed by atoms with Gasteiger partial charge in [-0.2, -0.15) is 0 Å². The fourth-order valence-electron chi connectivity index (χ4n) is 7.07. The minimum Gasteiger partial charge on any atom is -0.481 e. The van der Waals surface area contributed by atoms with Crippen molar-refractivity contribution in [3.8, 4) is 0 Å². The maximum Gasteiger partial charge on any atom is 0.306 e. The average molecular weight is 679 g/mol. The van der Waals surface area contributed by atoms with Crippen molar-refractivity contribution in [3.63, 3.8) is 0 Å². The Balaban J connectivity index is 3.71. The first-order valence-corrected chi connectivity index (χ1v) is 22.0. The van der Waals surface area contributed by atoms with Gasteiger partial charge in [0.25, 0.3) is 0 Å². The molecule has 0 heterocycles. The van der Waals surface area contributed by atoms with Crippen LogP contribution in [0.4, 0.5) is 0 Å². The van der Waals surface area contributed by atoms with Gasteiger partial charge in [-0.3, -0.25) is 9.59 Å². The first-order chi connectivity index (χ1) is 23.6. The van der Waals surface area contributed by atoms with Crippen molar-refractivity contribution in [2.24, 2.45) is 0 Å². The molecule has 0 aliphatic carbocycles. The molecule has 0 rings (SSSR count). The molecule has 1 N–H and O–H groups in total. The highest BCUT2D eigenvalue weighted by Gasteiger charge is 2.14. The van der Waals surface area contributed by atoms with E-state index in [1.165, 1.54) is 205 Å². The molecule has 0 radical (unpaired) electrons. The van der Waals surface area contributed by atoms with E-state index in [2.05, 4.69) is 13.8 Å². The highest BCUT2D eigenvalue weighted by Crippen LogP contribution is 2.19. The number of carbonyl (C=O) groups excluding carboxylic acids is 1. The summed E-state index contributed by atoms with van der Waals surface area (Å²) in [5.41, 5.74) is 0. The van der Waals surface area contributed by atoms with E-state index >= 15 is 0 Å². The van der Waals surface area contributed by atoms with E-state index in [1.807, 2.05) is 0 Å². The Morgan fingerprint density at radius 2 is 0.625 bits per heavy atom. The Hall–Kier alpha value is -1.06. The number of rotatable bonds is 41. The van der Waals surface area contributed by atoms with Crippen molar-refractivity contribution in [1.29, 1.82) is 0 Å². The minimum atomic E-state index is -0.663. The molecule has 4 nitrogen and oxygen atoms in total. The highest BCUT2D eigenvalue weighted by molar-refractivity contribution is 5.69. The normalized spacial score (nSPS) is 12.0. The van der Waals surface area contributed by atoms with Crippen molar-refractivity contribution < 1.29 is 19.4 Å². The number of carboxylic acid groups (broad SMARTS) is 1. The van der Waals surface area contributed by atoms with Crippen LogP contribution in [0.3, 0.4) is 0 Å². The summed E-state index contributed by atoms with van der Waals surface area (Å²) in [7, 11) is 0. The Labute approximate surface area is 301 Å². The molecule has 1 unspecified atom stereocenters. The molecule has 286 valence electrons. The highest BCUT2D eigenvalue weighted by atomic mass is 16.5. The molecule has 0 spiro atoms. The first-order valence-electron chi connectivity index (χ1n) is 22.0. The van der Waals surface area contributed by atoms with Crippen LogP contribution < -0.4 is 0 Å². The Morgan fingerprint density at radius 3 is 0.938 bits per heavy atom. The van der Waals surface area contributed by atoms with Gasteiger partial charge in [0.15, 0.2) is 0 Å². The molecule has 0 fully saturated rings. The van der Waals surface area contributed by atoms with E-state index in [1.54, 1.807) is 0 Å². The van der Waals surface area contributed by atoms with Gasteiger partial charge in [0.2, 0.25) is 0 Å². The first kappa shape index (κ1) is 46.9. The summed E-state index contributed by atoms with van der Waals surface area (Å²) < 4.78 is 6.03. The van der Waals surface area contributed by atoms with Gasteiger partial charge in [-0.25, -0.2) is 0 Å². The molecule has 0 aromatic rings. The van der Waals surface area contributed by atoms with Gasteiger partial charge in [0.1, 0.15) is 6.10 Å². The number of ether oxygens (including phenoxy) is 1. The Kier molecular flexibility index (Phi) is 39.5. The van der Waals surface area contributed by atoms with Crippen LogP contribution in [0, 0.1) is 0 Å². The lowest BCUT2D eigenvalue weighted by atomic mass is 10.0. The molecule has 0 aliphatic rings. The van der Waals surface area contributed by atoms with Gasteiger partial charge in [0.05, 0.1) is 0 Å². The average Bonchev–Trinajstić information content (AvgIpc) is 3.07. The summed E-state index contributed by atoms with van der Waals surface area (Å²) in [5, 5.41) is 8.68. The number of esters is 1. The van der Waals surface area contributed by atoms with Crippen molar-refractivity contribution in [3.05, 3.63) is 0 Å². The lowest BCUT2D eigenvalue weighted by Crippen LogP contribution is -2.18. The zero-order chi connectivity index (χ0) is 35.0. The second-order valence-corrected chi connectivity index (χ2v) is 15.3. The number of hydrogen-bond donors (Lipinski definition) is 1. The standard InChI is InChI=1S/C44H86O4/c1-3-5-7-9-10-11-12-13-14-15-16-21-24-27-30-33-37-41-44(47)48-42(38-34-8-6-4-2)39-35-31-28-25-22-19-17-18-20-23-26-29-32-36-40-43(45)46/h42H,3-41H2,1-2H3,(H,45,46). The van der Waals surface area contributed by atoms with Gasteiger partial charge in [-0.15, -0.1) is 0 Å². The number of unbranched alkanes of at least 4 members (excludes halogenated alkanes) is 32. The van der Waals surface area contributed by atoms with E-state index in [0.29, 0.717) is 12.8 Å². The Bertz CT molecular complexity index is 648. The van der Waals surface area contributed by atoms with Crippen LogP contribution in [-0.2, 0) is 14.3 Å². The molecule has 0 aromatic heterocycles. The van der Waals surface area contributed by atoms with E-state index in [-0.39, 0.29) is 12.1 Å². The number of aliphatic carboxylic acids is 1. The molecule has 48 heavy (non-hydrogen) atoms. The molecule has 1 atom stereocenters. The van der Waals surface area contributed by atoms with Crippen LogP contribution in [0.25, 0.3) is 0 Å². The van der Waals surface area contributed by atoms with Gasteiger partial charge in [-0.05, 0) is 38.5 Å². The van der Waals surface area contributed by atoms with Crippen molar-refractivity contribution in [1.82, 2.24) is 0 Å². The van der Waals surface area contributed by atoms with Crippen molar-refractivity contribution in [2.45, 2.75) is 270 Å². The fourth-order valence-corrected chi connectivity index (χ4v) is 7.07. The molecule has 0 bridgehead atoms. The summed E-state index contributed by atoms with van der Waals surface area (Å²) in [6, 6.07) is 0. The van der Waals surface area contributed by atoms with Gasteiger partial charge in [0, 0.05) is 12.8 Å². The monoisotopic (exact) mass is 679 g/mol. The summed E-state index contributed by atoms with van der Waals surface area (Å²) >= 11 is 0. The SMILES string of the molecule is CCCCCCCCCCCCCCCCCCCC(=O)OC(CCCCCC)CCCCCCCCCCCCCCCCC(=O)O. The van der Waals surface area contributed by atoms with Gasteiger partial charge < -0.3 is 9.84 Å². The summed E-state index contributed by atoms with van der Waals surface area (Å²) in [4.78, 5) is 23.2. The van der Waals surface area contributed by atoms with Crippen LogP contribution in [0.15, 0.2) is 0 Å². The fraction of sp³-hybridized carbons (Fsp3) is 0.955. The van der Waals surface area contributed by atoms with Crippen molar-refractivity contribution >= 4 is 11.9 Å². The molecular weight excluding hydrogens is 592 g/mol. The third-order valence-electron chi connectivity index (χ3n) is 10.3. The number of hydrogen-bond acceptors (Lipinski definition) is 3. The maximum atomic E-state index is 12.6. The van der Waals surface area contributed by atoms with Gasteiger partial charge in [-0.1, -0.05) is 213 Å². The molecule has 4 heteroatoms. The van der Waals surface area contributed by atoms with Crippen LogP contribution in [-0.4, -0.2) is 23.1 Å². The molecular formula is C44H86O4. The topological polar surface area (TPSA) is 63.6 Å². The molecule has 0 amide bonds. The van der Waals surface area contributed by atoms with Crippen LogP contribution in [0.1, 0.15) is 264 Å². The predicted molar refractivity (Wildman–Crippen MR) is 209 cm³/mol. The summed E-state index contributed by atoms with van der Waals surface area (Å²) in [5.74, 6) is -0.613. The summed E-state index contributed by atoms with van der Waals surface area (Å²) in [6.07, 6.45) is 48.8. The minimum absolute atomic E-state index is 0.0506. The van der Waals surface area contributed by atoms with Crippen LogP contribution in [0.2, 0.25) is 0 Å². The van der Waals surface area contributed by atoms with E-state index < -0.39 is 5.97 Å². The second kappa shape index (κ2) is 40.4. The van der Waals surface area contributed by atoms with E-state index in [4.69, 9.17) is 9.84 Å². The van der Waals surface area contributed by atoms with Gasteiger partial charge >= 0.3 is 11.9 Å². The molecule has 0 aliphatic heterocycles. The second-order valence-electron chi connectivity index (χ2n) is 15.3. The summed E-state index contributed by atoms with van der Waals surface area (Å²) in [6.45, 7) is 4.55. The third kappa shape index (κ3) is 39.4.